The van der Waals surface area contributed by atoms with Crippen molar-refractivity contribution in [2.75, 3.05) is 0 Å². The Hall–Kier alpha value is -1.09. The molecule has 0 saturated carbocycles. The van der Waals surface area contributed by atoms with E-state index in [1.54, 1.807) is 18.6 Å². The van der Waals surface area contributed by atoms with Gasteiger partial charge < -0.3 is 0 Å². The van der Waals surface area contributed by atoms with E-state index in [1.807, 2.05) is 6.08 Å². The molecule has 0 bridgehead atoms. The number of allylic oxidation sites excluding steroid dienone is 1. The van der Waals surface area contributed by atoms with E-state index in [0.717, 1.165) is 11.1 Å². The summed E-state index contributed by atoms with van der Waals surface area (Å²) in [5.74, 6) is 0. The van der Waals surface area contributed by atoms with Gasteiger partial charge in [-0.2, -0.15) is 0 Å². The second kappa shape index (κ2) is 1.95. The monoisotopic (exact) mass is 148 g/mol. The van der Waals surface area contributed by atoms with Gasteiger partial charge in [0.25, 0.3) is 0 Å². The first-order chi connectivity index (χ1) is 4.88. The molecular weight excluding hydrogens is 144 g/mol. The molecular formula is C7H4N2S. The van der Waals surface area contributed by atoms with E-state index in [4.69, 9.17) is 12.2 Å². The molecule has 0 saturated heterocycles. The van der Waals surface area contributed by atoms with Crippen molar-refractivity contribution >= 4 is 29.6 Å². The van der Waals surface area contributed by atoms with Crippen molar-refractivity contribution in [1.82, 2.24) is 0 Å². The summed E-state index contributed by atoms with van der Waals surface area (Å²) >= 11 is 4.96. The zero-order chi connectivity index (χ0) is 6.97. The fraction of sp³-hybridized carbons (Fsp3) is 0. The van der Waals surface area contributed by atoms with Crippen molar-refractivity contribution in [1.29, 1.82) is 0 Å². The van der Waals surface area contributed by atoms with E-state index >= 15 is 0 Å². The minimum absolute atomic E-state index is 0.634. The third kappa shape index (κ3) is 0.675. The Kier molecular flexibility index (Phi) is 1.11. The van der Waals surface area contributed by atoms with E-state index in [2.05, 4.69) is 9.98 Å². The number of nitrogens with zero attached hydrogens (tertiary/aromatic N) is 2. The summed E-state index contributed by atoms with van der Waals surface area (Å²) in [5.41, 5.74) is 2.04. The highest BCUT2D eigenvalue weighted by atomic mass is 32.1. The largest absolute Gasteiger partial charge is 0.263 e. The van der Waals surface area contributed by atoms with Crippen LogP contribution in [0.1, 0.15) is 0 Å². The van der Waals surface area contributed by atoms with Crippen molar-refractivity contribution in [3.8, 4) is 0 Å². The molecule has 2 aliphatic heterocycles. The number of rotatable bonds is 0. The van der Waals surface area contributed by atoms with Crippen molar-refractivity contribution < 1.29 is 0 Å². The van der Waals surface area contributed by atoms with Gasteiger partial charge in [-0.05, 0) is 6.08 Å². The molecule has 0 aromatic heterocycles. The first-order valence-electron chi connectivity index (χ1n) is 2.90. The summed E-state index contributed by atoms with van der Waals surface area (Å²) in [7, 11) is 0. The summed E-state index contributed by atoms with van der Waals surface area (Å²) in [6.07, 6.45) is 7.13. The van der Waals surface area contributed by atoms with Crippen LogP contribution in [0.25, 0.3) is 0 Å². The number of fused-ring (bicyclic) bond motifs is 1. The molecule has 0 fully saturated rings. The predicted molar refractivity (Wildman–Crippen MR) is 45.7 cm³/mol. The molecule has 2 nitrogen and oxygen atoms in total. The molecule has 0 aromatic rings. The Bertz CT molecular complexity index is 302. The Labute approximate surface area is 63.7 Å². The van der Waals surface area contributed by atoms with Crippen LogP contribution in [-0.4, -0.2) is 17.4 Å². The van der Waals surface area contributed by atoms with Gasteiger partial charge in [-0.25, -0.2) is 4.99 Å². The molecule has 0 aliphatic carbocycles. The zero-order valence-corrected chi connectivity index (χ0v) is 5.93. The van der Waals surface area contributed by atoms with Crippen LogP contribution in [0.5, 0.6) is 0 Å². The highest BCUT2D eigenvalue weighted by Crippen LogP contribution is 2.18. The average molecular weight is 148 g/mol. The predicted octanol–water partition coefficient (Wildman–Crippen LogP) is 1.29. The average Bonchev–Trinajstić information content (AvgIpc) is 2.36. The summed E-state index contributed by atoms with van der Waals surface area (Å²) in [6.45, 7) is 0. The van der Waals surface area contributed by atoms with E-state index in [1.165, 1.54) is 0 Å². The highest BCUT2D eigenvalue weighted by Gasteiger charge is 2.13. The molecule has 0 N–H and O–H groups in total. The molecule has 2 aliphatic rings. The molecule has 0 aromatic carbocycles. The van der Waals surface area contributed by atoms with Crippen LogP contribution in [0, 0.1) is 0 Å². The van der Waals surface area contributed by atoms with Crippen molar-refractivity contribution in [2.45, 2.75) is 0 Å². The Balaban J connectivity index is 2.54. The molecule has 2 heterocycles. The Morgan fingerprint density at radius 2 is 2.30 bits per heavy atom. The maximum Gasteiger partial charge on any atom is 0.135 e. The first-order valence-corrected chi connectivity index (χ1v) is 3.31. The molecule has 10 heavy (non-hydrogen) atoms. The lowest BCUT2D eigenvalue weighted by molar-refractivity contribution is 1.58. The van der Waals surface area contributed by atoms with Gasteiger partial charge in [0.1, 0.15) is 4.99 Å². The van der Waals surface area contributed by atoms with Gasteiger partial charge in [0.15, 0.2) is 0 Å². The van der Waals surface area contributed by atoms with Crippen LogP contribution in [0.15, 0.2) is 33.4 Å². The molecule has 2 rings (SSSR count). The lowest BCUT2D eigenvalue weighted by atomic mass is 10.1. The quantitative estimate of drug-likeness (QED) is 0.475. The lowest BCUT2D eigenvalue weighted by Gasteiger charge is -2.02. The van der Waals surface area contributed by atoms with Crippen LogP contribution >= 0.6 is 12.2 Å². The number of hydrogen-bond acceptors (Lipinski definition) is 2. The van der Waals surface area contributed by atoms with Gasteiger partial charge >= 0.3 is 0 Å². The minimum atomic E-state index is 0.634. The smallest absolute Gasteiger partial charge is 0.135 e. The van der Waals surface area contributed by atoms with Gasteiger partial charge in [-0.3, -0.25) is 4.99 Å². The lowest BCUT2D eigenvalue weighted by Crippen LogP contribution is -2.02. The van der Waals surface area contributed by atoms with E-state index in [9.17, 15) is 0 Å². The van der Waals surface area contributed by atoms with Crippen molar-refractivity contribution in [2.24, 2.45) is 9.98 Å². The van der Waals surface area contributed by atoms with E-state index in [-0.39, 0.29) is 0 Å². The molecule has 0 radical (unpaired) electrons. The van der Waals surface area contributed by atoms with Gasteiger partial charge in [0.2, 0.25) is 0 Å². The Morgan fingerprint density at radius 1 is 1.40 bits per heavy atom. The van der Waals surface area contributed by atoms with Crippen molar-refractivity contribution in [3.63, 3.8) is 0 Å². The molecule has 0 atom stereocenters. The van der Waals surface area contributed by atoms with E-state index in [0.29, 0.717) is 4.99 Å². The molecule has 0 unspecified atom stereocenters. The van der Waals surface area contributed by atoms with Gasteiger partial charge in [0.05, 0.1) is 0 Å². The van der Waals surface area contributed by atoms with Crippen LogP contribution in [0.2, 0.25) is 0 Å². The summed E-state index contributed by atoms with van der Waals surface area (Å²) in [6, 6.07) is 0. The van der Waals surface area contributed by atoms with Crippen LogP contribution in [0.4, 0.5) is 0 Å². The van der Waals surface area contributed by atoms with Crippen LogP contribution in [-0.2, 0) is 0 Å². The maximum absolute atomic E-state index is 4.96. The number of aliphatic imine (C=N–C) groups is 2. The topological polar surface area (TPSA) is 24.7 Å². The SMILES string of the molecule is S=C1N=CC=C2C=NC=C12. The highest BCUT2D eigenvalue weighted by molar-refractivity contribution is 7.80. The fourth-order valence-electron chi connectivity index (χ4n) is 0.902. The summed E-state index contributed by atoms with van der Waals surface area (Å²) in [4.78, 5) is 8.54. The molecule has 0 amide bonds. The Morgan fingerprint density at radius 3 is 3.10 bits per heavy atom. The molecule has 0 spiro atoms. The standard InChI is InChI=1S/C7H4N2S/c10-7-6-4-8-3-5(6)1-2-9-7/h1-4H. The van der Waals surface area contributed by atoms with Gasteiger partial charge in [-0.15, -0.1) is 0 Å². The number of thiocarbonyl (C=S) groups is 1. The third-order valence-electron chi connectivity index (χ3n) is 1.40. The third-order valence-corrected chi connectivity index (χ3v) is 1.73. The summed E-state index contributed by atoms with van der Waals surface area (Å²) in [5, 5.41) is 0. The summed E-state index contributed by atoms with van der Waals surface area (Å²) < 4.78 is 0. The molecule has 48 valence electrons. The second-order valence-corrected chi connectivity index (χ2v) is 2.41. The maximum atomic E-state index is 4.96. The van der Waals surface area contributed by atoms with Gasteiger partial charge in [0, 0.05) is 29.8 Å². The normalized spacial score (nSPS) is 20.6. The minimum Gasteiger partial charge on any atom is -0.263 e. The molecule has 3 heteroatoms. The fourth-order valence-corrected chi connectivity index (χ4v) is 1.13. The van der Waals surface area contributed by atoms with Crippen LogP contribution in [0.3, 0.4) is 0 Å². The first kappa shape index (κ1) is 5.68. The van der Waals surface area contributed by atoms with E-state index < -0.39 is 0 Å². The number of hydrogen-bond donors (Lipinski definition) is 0. The number of dihydropyridines is 1. The second-order valence-electron chi connectivity index (χ2n) is 2.03. The zero-order valence-electron chi connectivity index (χ0n) is 5.11. The van der Waals surface area contributed by atoms with Crippen LogP contribution < -0.4 is 0 Å². The van der Waals surface area contributed by atoms with Gasteiger partial charge in [-0.1, -0.05) is 12.2 Å². The van der Waals surface area contributed by atoms with Crippen molar-refractivity contribution in [3.05, 3.63) is 23.4 Å².